The van der Waals surface area contributed by atoms with Crippen molar-refractivity contribution in [2.75, 3.05) is 49.2 Å². The summed E-state index contributed by atoms with van der Waals surface area (Å²) >= 11 is 8.03. The normalized spacial score (nSPS) is 21.9. The van der Waals surface area contributed by atoms with E-state index < -0.39 is 29.4 Å². The summed E-state index contributed by atoms with van der Waals surface area (Å²) in [6.45, 7) is 1.61. The van der Waals surface area contributed by atoms with Crippen molar-refractivity contribution < 1.29 is 22.6 Å². The zero-order valence-electron chi connectivity index (χ0n) is 28.4. The number of thiophene rings is 1. The van der Waals surface area contributed by atoms with Crippen molar-refractivity contribution in [1.29, 1.82) is 5.26 Å². The first-order valence-corrected chi connectivity index (χ1v) is 18.8. The van der Waals surface area contributed by atoms with Crippen molar-refractivity contribution in [2.45, 2.75) is 49.9 Å². The van der Waals surface area contributed by atoms with E-state index in [0.29, 0.717) is 30.5 Å². The number of nitriles is 1. The Morgan fingerprint density at radius 1 is 1.19 bits per heavy atom. The van der Waals surface area contributed by atoms with Crippen molar-refractivity contribution in [3.63, 3.8) is 0 Å². The van der Waals surface area contributed by atoms with Crippen LogP contribution in [0.1, 0.15) is 49.3 Å². The van der Waals surface area contributed by atoms with Gasteiger partial charge in [-0.15, -0.1) is 11.3 Å². The fraction of sp³-hybridized carbons (Fsp3) is 0.368. The summed E-state index contributed by atoms with van der Waals surface area (Å²) in [5.41, 5.74) is 12.7. The van der Waals surface area contributed by atoms with Gasteiger partial charge in [0.1, 0.15) is 53.4 Å². The van der Waals surface area contributed by atoms with Crippen molar-refractivity contribution in [3.8, 4) is 29.0 Å². The smallest absolute Gasteiger partial charge is 0.319 e. The summed E-state index contributed by atoms with van der Waals surface area (Å²) < 4.78 is 60.1. The molecule has 53 heavy (non-hydrogen) atoms. The fourth-order valence-electron chi connectivity index (χ4n) is 8.26. The number of nitrogen functional groups attached to an aromatic ring is 2. The molecule has 0 spiro atoms. The largest absolute Gasteiger partial charge is 0.489 e. The zero-order chi connectivity index (χ0) is 36.6. The third kappa shape index (κ3) is 5.59. The van der Waals surface area contributed by atoms with E-state index in [2.05, 4.69) is 27.0 Å². The lowest BCUT2D eigenvalue weighted by molar-refractivity contribution is 0.107. The minimum Gasteiger partial charge on any atom is -0.489 e. The first kappa shape index (κ1) is 34.0. The lowest BCUT2D eigenvalue weighted by Gasteiger charge is -2.32. The molecule has 0 unspecified atom stereocenters. The van der Waals surface area contributed by atoms with Crippen LogP contribution in [0.4, 0.5) is 29.8 Å². The highest BCUT2D eigenvalue weighted by Gasteiger charge is 2.49. The van der Waals surface area contributed by atoms with Crippen LogP contribution in [-0.4, -0.2) is 64.4 Å². The van der Waals surface area contributed by atoms with Gasteiger partial charge in [-0.2, -0.15) is 15.2 Å². The van der Waals surface area contributed by atoms with Crippen molar-refractivity contribution in [3.05, 3.63) is 70.4 Å². The highest BCUT2D eigenvalue weighted by Crippen LogP contribution is 2.52. The van der Waals surface area contributed by atoms with Gasteiger partial charge in [-0.05, 0) is 55.8 Å². The molecular weight excluding hydrogens is 725 g/mol. The number of pyridine rings is 1. The summed E-state index contributed by atoms with van der Waals surface area (Å²) in [5, 5.41) is 10.4. The van der Waals surface area contributed by atoms with Crippen LogP contribution in [0.3, 0.4) is 0 Å². The molecule has 3 fully saturated rings. The number of ether oxygens (including phenoxy) is 2. The number of anilines is 3. The van der Waals surface area contributed by atoms with E-state index in [0.717, 1.165) is 49.1 Å². The van der Waals surface area contributed by atoms with Crippen LogP contribution in [0.5, 0.6) is 11.8 Å². The number of aromatic nitrogens is 3. The van der Waals surface area contributed by atoms with E-state index in [4.69, 9.17) is 37.5 Å². The molecule has 3 atom stereocenters. The van der Waals surface area contributed by atoms with Gasteiger partial charge in [-0.3, -0.25) is 4.90 Å². The molecule has 0 amide bonds. The maximum atomic E-state index is 17.5. The standard InChI is InChI=1S/C38H34ClF3N8O2S/c39-29-27(22-7-8-24(41)33-26(22)23(16-43)35(45)53-33)30(42)31-28-32(29)51-14-13-50(25(9-6-19-4-5-19)21-3-1-11-46-34(21)44)36(28)48-37(47-31)52-18-38-10-2-12-49(38)17-20(40)15-38/h1,3,6-9,11,19-20,25H,2,4-5,10,12-15,17-18,45H2,(H2,44,46)/b9-6+/t20-,25-,38+/m1/s1. The van der Waals surface area contributed by atoms with Crippen molar-refractivity contribution >= 4 is 60.6 Å². The molecule has 15 heteroatoms. The van der Waals surface area contributed by atoms with E-state index in [-0.39, 0.29) is 79.2 Å². The molecule has 1 saturated carbocycles. The van der Waals surface area contributed by atoms with Gasteiger partial charge in [-0.25, -0.2) is 18.2 Å². The minimum absolute atomic E-state index is 0.0166. The lowest BCUT2D eigenvalue weighted by atomic mass is 9.95. The Balaban J connectivity index is 1.28. The number of halogens is 4. The second kappa shape index (κ2) is 12.9. The van der Waals surface area contributed by atoms with E-state index in [9.17, 15) is 9.65 Å². The third-order valence-electron chi connectivity index (χ3n) is 10.9. The molecule has 4 aliphatic rings. The molecule has 3 aromatic heterocycles. The number of rotatable bonds is 8. The molecule has 3 aliphatic heterocycles. The summed E-state index contributed by atoms with van der Waals surface area (Å²) in [6.07, 6.45) is 9.01. The van der Waals surface area contributed by atoms with Crippen LogP contribution >= 0.6 is 22.9 Å². The Morgan fingerprint density at radius 3 is 2.83 bits per heavy atom. The van der Waals surface area contributed by atoms with Gasteiger partial charge in [0.2, 0.25) is 0 Å². The quantitative estimate of drug-likeness (QED) is 0.151. The van der Waals surface area contributed by atoms with Gasteiger partial charge in [-0.1, -0.05) is 35.9 Å². The number of nitrogens with zero attached hydrogens (tertiary/aromatic N) is 6. The third-order valence-corrected chi connectivity index (χ3v) is 12.3. The SMILES string of the molecule is N#Cc1c(N)sc2c(F)ccc(-c3c(Cl)c4c5c(nc(OC[C@@]67CCCN6C[C@H](F)C7)nc5c3F)N([C@H](/C=C/C3CC3)c3cccnc3N)CCO4)c12. The number of nitrogens with two attached hydrogens (primary N) is 2. The van der Waals surface area contributed by atoms with Crippen LogP contribution in [-0.2, 0) is 0 Å². The van der Waals surface area contributed by atoms with Crippen LogP contribution in [0.25, 0.3) is 32.1 Å². The zero-order valence-corrected chi connectivity index (χ0v) is 30.0. The number of hydrogen-bond acceptors (Lipinski definition) is 11. The summed E-state index contributed by atoms with van der Waals surface area (Å²) in [7, 11) is 0. The van der Waals surface area contributed by atoms with E-state index in [1.807, 2.05) is 17.0 Å². The number of alkyl halides is 1. The van der Waals surface area contributed by atoms with Crippen molar-refractivity contribution in [1.82, 2.24) is 19.9 Å². The highest BCUT2D eigenvalue weighted by atomic mass is 35.5. The molecule has 272 valence electrons. The van der Waals surface area contributed by atoms with Gasteiger partial charge in [0.25, 0.3) is 0 Å². The Morgan fingerprint density at radius 2 is 2.04 bits per heavy atom. The summed E-state index contributed by atoms with van der Waals surface area (Å²) in [6, 6.07) is 7.72. The molecule has 2 saturated heterocycles. The molecule has 9 rings (SSSR count). The topological polar surface area (TPSA) is 139 Å². The predicted molar refractivity (Wildman–Crippen MR) is 199 cm³/mol. The number of hydrogen-bond donors (Lipinski definition) is 2. The van der Waals surface area contributed by atoms with Crippen LogP contribution in [0.2, 0.25) is 5.02 Å². The maximum absolute atomic E-state index is 17.5. The van der Waals surface area contributed by atoms with Gasteiger partial charge < -0.3 is 25.8 Å². The first-order chi connectivity index (χ1) is 25.7. The van der Waals surface area contributed by atoms with Gasteiger partial charge >= 0.3 is 6.01 Å². The molecule has 0 bridgehead atoms. The van der Waals surface area contributed by atoms with Crippen LogP contribution in [0.15, 0.2) is 42.6 Å². The molecular formula is C38H34ClF3N8O2S. The molecule has 5 aromatic rings. The lowest BCUT2D eigenvalue weighted by Crippen LogP contribution is -2.43. The minimum atomic E-state index is -0.973. The molecule has 1 aliphatic carbocycles. The number of benzene rings is 2. The average Bonchev–Trinajstić information content (AvgIpc) is 3.74. The second-order valence-corrected chi connectivity index (χ2v) is 15.6. The Hall–Kier alpha value is -4.84. The fourth-order valence-corrected chi connectivity index (χ4v) is 9.55. The summed E-state index contributed by atoms with van der Waals surface area (Å²) in [4.78, 5) is 18.0. The predicted octanol–water partition coefficient (Wildman–Crippen LogP) is 7.74. The van der Waals surface area contributed by atoms with Crippen LogP contribution < -0.4 is 25.8 Å². The van der Waals surface area contributed by atoms with Crippen molar-refractivity contribution in [2.24, 2.45) is 5.92 Å². The molecule has 2 aromatic carbocycles. The molecule has 10 nitrogen and oxygen atoms in total. The number of allylic oxidation sites excluding steroid dienone is 1. The Bertz CT molecular complexity index is 2380. The highest BCUT2D eigenvalue weighted by molar-refractivity contribution is 7.23. The van der Waals surface area contributed by atoms with E-state index >= 15 is 8.78 Å². The van der Waals surface area contributed by atoms with Crippen LogP contribution in [0, 0.1) is 28.9 Å². The van der Waals surface area contributed by atoms with E-state index in [1.54, 1.807) is 12.3 Å². The molecule has 4 N–H and O–H groups in total. The van der Waals surface area contributed by atoms with E-state index in [1.165, 1.54) is 12.1 Å². The monoisotopic (exact) mass is 758 g/mol. The number of fused-ring (bicyclic) bond motifs is 2. The van der Waals surface area contributed by atoms with Gasteiger partial charge in [0, 0.05) is 35.7 Å². The Kier molecular flexibility index (Phi) is 8.28. The molecule has 0 radical (unpaired) electrons. The Labute approximate surface area is 311 Å². The second-order valence-electron chi connectivity index (χ2n) is 14.2. The van der Waals surface area contributed by atoms with Gasteiger partial charge in [0.05, 0.1) is 38.8 Å². The van der Waals surface area contributed by atoms with Gasteiger partial charge in [0.15, 0.2) is 11.6 Å². The molecule has 6 heterocycles. The first-order valence-electron chi connectivity index (χ1n) is 17.6. The maximum Gasteiger partial charge on any atom is 0.319 e. The summed E-state index contributed by atoms with van der Waals surface area (Å²) in [5.74, 6) is -0.257. The average molecular weight is 759 g/mol.